The molecular weight excluding hydrogens is 591 g/mol. The summed E-state index contributed by atoms with van der Waals surface area (Å²) in [5.74, 6) is 0. The highest BCUT2D eigenvalue weighted by molar-refractivity contribution is 6.37. The van der Waals surface area contributed by atoms with Gasteiger partial charge in [-0.05, 0) is 99.7 Å². The van der Waals surface area contributed by atoms with Crippen LogP contribution in [-0.4, -0.2) is 0 Å². The summed E-state index contributed by atoms with van der Waals surface area (Å²) in [6.07, 6.45) is 0. The van der Waals surface area contributed by atoms with E-state index in [2.05, 4.69) is 181 Å². The molecule has 0 amide bonds. The Kier molecular flexibility index (Phi) is 5.45. The molecule has 0 N–H and O–H groups in total. The van der Waals surface area contributed by atoms with Gasteiger partial charge in [-0.25, -0.2) is 0 Å². The molecule has 11 aromatic carbocycles. The fraction of sp³-hybridized carbons (Fsp3) is 0. The number of nitrogens with zero attached hydrogens (tertiary/aromatic N) is 1. The maximum Gasteiger partial charge on any atom is 0.0540 e. The standard InChI is InChI=1S/C48H29N/c1-3-17-37-30(10-1)12-8-22-43(37)49(44-23-9-13-31-11-2-4-18-38(31)44)36-28-35-27-26-34-15-6-20-40-39-19-5-14-32-24-25-33-16-7-21-41(47(33)45(32)39)42(29-36)48(35)46(34)40/h1-29H. The molecule has 0 saturated carbocycles. The molecule has 49 heavy (non-hydrogen) atoms. The van der Waals surface area contributed by atoms with E-state index in [-0.39, 0.29) is 0 Å². The van der Waals surface area contributed by atoms with Gasteiger partial charge in [-0.2, -0.15) is 0 Å². The molecule has 0 spiro atoms. The second-order valence-corrected chi connectivity index (χ2v) is 13.3. The molecule has 0 atom stereocenters. The van der Waals surface area contributed by atoms with Gasteiger partial charge in [0, 0.05) is 16.5 Å². The lowest BCUT2D eigenvalue weighted by atomic mass is 9.87. The van der Waals surface area contributed by atoms with E-state index in [0.717, 1.165) is 5.69 Å². The Morgan fingerprint density at radius 2 is 0.612 bits per heavy atom. The predicted molar refractivity (Wildman–Crippen MR) is 212 cm³/mol. The molecule has 0 unspecified atom stereocenters. The van der Waals surface area contributed by atoms with Gasteiger partial charge in [0.2, 0.25) is 0 Å². The number of fused-ring (bicyclic) bond motifs is 4. The first kappa shape index (κ1) is 26.6. The summed E-state index contributed by atoms with van der Waals surface area (Å²) in [7, 11) is 0. The Morgan fingerprint density at radius 1 is 0.245 bits per heavy atom. The van der Waals surface area contributed by atoms with Crippen LogP contribution in [0.25, 0.3) is 86.2 Å². The van der Waals surface area contributed by atoms with Crippen molar-refractivity contribution in [1.82, 2.24) is 0 Å². The van der Waals surface area contributed by atoms with E-state index in [4.69, 9.17) is 0 Å². The summed E-state index contributed by atoms with van der Waals surface area (Å²) in [4.78, 5) is 2.49. The highest BCUT2D eigenvalue weighted by Gasteiger charge is 2.21. The molecule has 0 fully saturated rings. The third-order valence-electron chi connectivity index (χ3n) is 10.7. The van der Waals surface area contributed by atoms with Crippen molar-refractivity contribution in [2.24, 2.45) is 0 Å². The minimum atomic E-state index is 1.14. The van der Waals surface area contributed by atoms with E-state index in [1.807, 2.05) is 0 Å². The number of hydrogen-bond acceptors (Lipinski definition) is 1. The zero-order chi connectivity index (χ0) is 32.1. The van der Waals surface area contributed by atoms with E-state index in [0.29, 0.717) is 0 Å². The molecular formula is C48H29N. The minimum absolute atomic E-state index is 1.14. The Morgan fingerprint density at radius 3 is 1.14 bits per heavy atom. The highest BCUT2D eigenvalue weighted by Crippen LogP contribution is 2.47. The first-order chi connectivity index (χ1) is 24.3. The fourth-order valence-corrected chi connectivity index (χ4v) is 8.61. The predicted octanol–water partition coefficient (Wildman–Crippen LogP) is 13.8. The Hall–Kier alpha value is -6.44. The SMILES string of the molecule is c1ccc2c(N(c3cc4ccc5cccc6c7cccc8ccc9cccc(c(c3)c4c56)c9c87)c3cccc4ccccc34)cccc2c1. The normalized spacial score (nSPS) is 12.1. The first-order valence-electron chi connectivity index (χ1n) is 17.0. The second-order valence-electron chi connectivity index (χ2n) is 13.3. The summed E-state index contributed by atoms with van der Waals surface area (Å²) < 4.78 is 0. The largest absolute Gasteiger partial charge is 0.309 e. The summed E-state index contributed by atoms with van der Waals surface area (Å²) in [6.45, 7) is 0. The lowest BCUT2D eigenvalue weighted by molar-refractivity contribution is 1.32. The third kappa shape index (κ3) is 3.76. The minimum Gasteiger partial charge on any atom is -0.309 e. The van der Waals surface area contributed by atoms with Crippen LogP contribution in [-0.2, 0) is 0 Å². The maximum atomic E-state index is 2.49. The molecule has 0 aromatic heterocycles. The first-order valence-corrected chi connectivity index (χ1v) is 17.0. The molecule has 11 rings (SSSR count). The zero-order valence-electron chi connectivity index (χ0n) is 26.7. The molecule has 0 aliphatic heterocycles. The maximum absolute atomic E-state index is 2.49. The Labute approximate surface area is 283 Å². The number of benzene rings is 10. The van der Waals surface area contributed by atoms with Crippen LogP contribution in [0.3, 0.4) is 0 Å². The van der Waals surface area contributed by atoms with E-state index < -0.39 is 0 Å². The topological polar surface area (TPSA) is 3.24 Å². The molecule has 0 aliphatic carbocycles. The highest BCUT2D eigenvalue weighted by atomic mass is 15.1. The van der Waals surface area contributed by atoms with E-state index >= 15 is 0 Å². The van der Waals surface area contributed by atoms with Gasteiger partial charge in [-0.3, -0.25) is 0 Å². The number of rotatable bonds is 3. The lowest BCUT2D eigenvalue weighted by Crippen LogP contribution is -2.11. The van der Waals surface area contributed by atoms with E-state index in [9.17, 15) is 0 Å². The van der Waals surface area contributed by atoms with Crippen molar-refractivity contribution in [2.45, 2.75) is 0 Å². The summed E-state index contributed by atoms with van der Waals surface area (Å²) in [5, 5.41) is 20.4. The van der Waals surface area contributed by atoms with Gasteiger partial charge < -0.3 is 4.90 Å². The molecule has 0 heterocycles. The van der Waals surface area contributed by atoms with Crippen LogP contribution < -0.4 is 4.90 Å². The summed E-state index contributed by atoms with van der Waals surface area (Å²) in [5.41, 5.74) is 3.48. The molecule has 226 valence electrons. The quantitative estimate of drug-likeness (QED) is 0.178. The van der Waals surface area contributed by atoms with Gasteiger partial charge >= 0.3 is 0 Å². The van der Waals surface area contributed by atoms with Gasteiger partial charge in [0.05, 0.1) is 11.4 Å². The monoisotopic (exact) mass is 619 g/mol. The van der Waals surface area contributed by atoms with Crippen LogP contribution in [0.2, 0.25) is 0 Å². The number of hydrogen-bond donors (Lipinski definition) is 0. The lowest BCUT2D eigenvalue weighted by Gasteiger charge is -2.29. The van der Waals surface area contributed by atoms with E-state index in [1.165, 1.54) is 97.6 Å². The third-order valence-corrected chi connectivity index (χ3v) is 10.7. The van der Waals surface area contributed by atoms with Crippen molar-refractivity contribution in [2.75, 3.05) is 4.90 Å². The van der Waals surface area contributed by atoms with Gasteiger partial charge in [-0.1, -0.05) is 152 Å². The van der Waals surface area contributed by atoms with Gasteiger partial charge in [-0.15, -0.1) is 0 Å². The average Bonchev–Trinajstić information content (AvgIpc) is 3.16. The van der Waals surface area contributed by atoms with Crippen LogP contribution in [0.4, 0.5) is 17.1 Å². The molecule has 0 bridgehead atoms. The van der Waals surface area contributed by atoms with Crippen molar-refractivity contribution in [1.29, 1.82) is 0 Å². The van der Waals surface area contributed by atoms with Crippen molar-refractivity contribution in [3.8, 4) is 0 Å². The Balaban J connectivity index is 1.38. The smallest absolute Gasteiger partial charge is 0.0540 e. The van der Waals surface area contributed by atoms with Gasteiger partial charge in [0.25, 0.3) is 0 Å². The number of anilines is 3. The molecule has 0 aliphatic rings. The van der Waals surface area contributed by atoms with Gasteiger partial charge in [0.15, 0.2) is 0 Å². The second kappa shape index (κ2) is 10.0. The van der Waals surface area contributed by atoms with Crippen molar-refractivity contribution in [3.05, 3.63) is 176 Å². The Bertz CT molecular complexity index is 3020. The van der Waals surface area contributed by atoms with Crippen LogP contribution in [0, 0.1) is 0 Å². The van der Waals surface area contributed by atoms with Crippen LogP contribution in [0.5, 0.6) is 0 Å². The van der Waals surface area contributed by atoms with Gasteiger partial charge in [0.1, 0.15) is 0 Å². The van der Waals surface area contributed by atoms with Crippen LogP contribution in [0.1, 0.15) is 0 Å². The molecule has 0 radical (unpaired) electrons. The average molecular weight is 620 g/mol. The zero-order valence-corrected chi connectivity index (χ0v) is 26.7. The molecule has 1 heteroatoms. The van der Waals surface area contributed by atoms with Crippen LogP contribution in [0.15, 0.2) is 176 Å². The van der Waals surface area contributed by atoms with Crippen LogP contribution >= 0.6 is 0 Å². The summed E-state index contributed by atoms with van der Waals surface area (Å²) in [6, 6.07) is 65.3. The van der Waals surface area contributed by atoms with Crippen molar-refractivity contribution < 1.29 is 0 Å². The molecule has 11 aromatic rings. The molecule has 0 saturated heterocycles. The van der Waals surface area contributed by atoms with Crippen molar-refractivity contribution in [3.63, 3.8) is 0 Å². The fourth-order valence-electron chi connectivity index (χ4n) is 8.61. The van der Waals surface area contributed by atoms with E-state index in [1.54, 1.807) is 0 Å². The summed E-state index contributed by atoms with van der Waals surface area (Å²) >= 11 is 0. The van der Waals surface area contributed by atoms with Crippen molar-refractivity contribution >= 4 is 103 Å². The molecule has 1 nitrogen and oxygen atoms in total.